The van der Waals surface area contributed by atoms with Crippen molar-refractivity contribution in [2.75, 3.05) is 12.3 Å². The van der Waals surface area contributed by atoms with Gasteiger partial charge in [-0.05, 0) is 42.8 Å². The van der Waals surface area contributed by atoms with Gasteiger partial charge >= 0.3 is 0 Å². The van der Waals surface area contributed by atoms with Crippen molar-refractivity contribution in [1.29, 1.82) is 0 Å². The Kier molecular flexibility index (Phi) is 5.60. The molecule has 2 aromatic carbocycles. The highest BCUT2D eigenvalue weighted by atomic mass is 35.5. The lowest BCUT2D eigenvalue weighted by Crippen LogP contribution is -2.31. The van der Waals surface area contributed by atoms with Gasteiger partial charge < -0.3 is 9.32 Å². The van der Waals surface area contributed by atoms with E-state index in [0.717, 1.165) is 5.56 Å². The number of thioether (sulfide) groups is 1. The average Bonchev–Trinajstić information content (AvgIpc) is 2.99. The minimum atomic E-state index is -0.305. The molecule has 0 unspecified atom stereocenters. The maximum absolute atomic E-state index is 13.3. The molecule has 1 aromatic heterocycles. The Bertz CT molecular complexity index is 900. The first kappa shape index (κ1) is 17.8. The smallest absolute Gasteiger partial charge is 0.257 e. The van der Waals surface area contributed by atoms with Crippen molar-refractivity contribution >= 4 is 40.4 Å². The van der Waals surface area contributed by atoms with Crippen molar-refractivity contribution < 1.29 is 13.6 Å². The van der Waals surface area contributed by atoms with E-state index >= 15 is 0 Å². The summed E-state index contributed by atoms with van der Waals surface area (Å²) in [6.45, 7) is 2.80. The maximum atomic E-state index is 13.3. The number of oxazole rings is 1. The van der Waals surface area contributed by atoms with Crippen LogP contribution in [-0.4, -0.2) is 28.1 Å². The highest BCUT2D eigenvalue weighted by Crippen LogP contribution is 2.25. The highest BCUT2D eigenvalue weighted by molar-refractivity contribution is 7.99. The van der Waals surface area contributed by atoms with E-state index in [-0.39, 0.29) is 17.5 Å². The third-order valence-corrected chi connectivity index (χ3v) is 4.69. The van der Waals surface area contributed by atoms with E-state index in [2.05, 4.69) is 4.98 Å². The van der Waals surface area contributed by atoms with Gasteiger partial charge in [0, 0.05) is 18.1 Å². The zero-order chi connectivity index (χ0) is 17.8. The van der Waals surface area contributed by atoms with E-state index in [1.165, 1.54) is 23.9 Å². The van der Waals surface area contributed by atoms with Gasteiger partial charge in [0.1, 0.15) is 11.3 Å². The van der Waals surface area contributed by atoms with Crippen LogP contribution in [0.1, 0.15) is 12.5 Å². The molecule has 3 rings (SSSR count). The summed E-state index contributed by atoms with van der Waals surface area (Å²) in [5.41, 5.74) is 2.05. The van der Waals surface area contributed by atoms with Gasteiger partial charge in [0.2, 0.25) is 5.91 Å². The molecule has 0 aliphatic heterocycles. The number of fused-ring (bicyclic) bond motifs is 1. The van der Waals surface area contributed by atoms with Gasteiger partial charge in [0.25, 0.3) is 5.22 Å². The van der Waals surface area contributed by atoms with Crippen molar-refractivity contribution in [3.8, 4) is 0 Å². The molecule has 0 saturated carbocycles. The Morgan fingerprint density at radius 3 is 2.92 bits per heavy atom. The van der Waals surface area contributed by atoms with Crippen molar-refractivity contribution in [3.05, 3.63) is 58.9 Å². The molecule has 0 bridgehead atoms. The summed E-state index contributed by atoms with van der Waals surface area (Å²) in [4.78, 5) is 18.4. The summed E-state index contributed by atoms with van der Waals surface area (Å²) in [6, 6.07) is 11.5. The first-order valence-corrected chi connectivity index (χ1v) is 9.12. The number of amides is 1. The van der Waals surface area contributed by atoms with Crippen molar-refractivity contribution in [2.45, 2.75) is 18.7 Å². The predicted molar refractivity (Wildman–Crippen MR) is 97.2 cm³/mol. The van der Waals surface area contributed by atoms with Gasteiger partial charge in [-0.3, -0.25) is 4.79 Å². The Morgan fingerprint density at radius 1 is 1.32 bits per heavy atom. The summed E-state index contributed by atoms with van der Waals surface area (Å²) in [7, 11) is 0. The number of aromatic nitrogens is 1. The van der Waals surface area contributed by atoms with Gasteiger partial charge in [-0.25, -0.2) is 9.37 Å². The third kappa shape index (κ3) is 4.52. The van der Waals surface area contributed by atoms with Crippen molar-refractivity contribution in [3.63, 3.8) is 0 Å². The number of halogens is 2. The Hall–Kier alpha value is -2.05. The van der Waals surface area contributed by atoms with E-state index < -0.39 is 0 Å². The highest BCUT2D eigenvalue weighted by Gasteiger charge is 2.15. The predicted octanol–water partition coefficient (Wildman–Crippen LogP) is 4.76. The van der Waals surface area contributed by atoms with E-state index in [1.807, 2.05) is 6.92 Å². The molecule has 7 heteroatoms. The lowest BCUT2D eigenvalue weighted by atomic mass is 10.2. The minimum absolute atomic E-state index is 0.0583. The molecule has 0 fully saturated rings. The molecule has 130 valence electrons. The number of carbonyl (C=O) groups excluding carboxylic acids is 1. The Morgan fingerprint density at radius 2 is 2.16 bits per heavy atom. The van der Waals surface area contributed by atoms with Gasteiger partial charge in [0.05, 0.1) is 5.75 Å². The van der Waals surface area contributed by atoms with Crippen LogP contribution in [0.25, 0.3) is 11.1 Å². The summed E-state index contributed by atoms with van der Waals surface area (Å²) in [5.74, 6) is -0.165. The first-order chi connectivity index (χ1) is 12.0. The molecule has 0 aliphatic carbocycles. The molecule has 0 atom stereocenters. The van der Waals surface area contributed by atoms with Gasteiger partial charge in [-0.2, -0.15) is 0 Å². The number of rotatable bonds is 6. The molecule has 1 heterocycles. The molecule has 3 aromatic rings. The molecular weight excluding hydrogens is 363 g/mol. The van der Waals surface area contributed by atoms with Crippen LogP contribution in [0.3, 0.4) is 0 Å². The lowest BCUT2D eigenvalue weighted by molar-refractivity contribution is -0.128. The van der Waals surface area contributed by atoms with E-state index in [4.69, 9.17) is 16.0 Å². The molecule has 0 aliphatic rings. The van der Waals surface area contributed by atoms with E-state index in [0.29, 0.717) is 34.4 Å². The van der Waals surface area contributed by atoms with Crippen LogP contribution in [0, 0.1) is 5.82 Å². The van der Waals surface area contributed by atoms with Crippen LogP contribution >= 0.6 is 23.4 Å². The Balaban J connectivity index is 1.63. The second-order valence-corrected chi connectivity index (χ2v) is 6.78. The molecule has 25 heavy (non-hydrogen) atoms. The number of carbonyl (C=O) groups is 1. The second kappa shape index (κ2) is 7.89. The number of hydrogen-bond acceptors (Lipinski definition) is 4. The number of benzene rings is 2. The van der Waals surface area contributed by atoms with Crippen LogP contribution in [0.2, 0.25) is 5.02 Å². The molecule has 0 saturated heterocycles. The zero-order valence-corrected chi connectivity index (χ0v) is 15.1. The molecule has 0 radical (unpaired) electrons. The number of hydrogen-bond donors (Lipinski definition) is 0. The first-order valence-electron chi connectivity index (χ1n) is 7.76. The van der Waals surface area contributed by atoms with Crippen LogP contribution < -0.4 is 0 Å². The van der Waals surface area contributed by atoms with E-state index in [1.54, 1.807) is 35.2 Å². The fourth-order valence-electron chi connectivity index (χ4n) is 2.39. The van der Waals surface area contributed by atoms with Crippen LogP contribution in [0.5, 0.6) is 0 Å². The monoisotopic (exact) mass is 378 g/mol. The topological polar surface area (TPSA) is 46.3 Å². The van der Waals surface area contributed by atoms with Crippen LogP contribution in [0.15, 0.2) is 52.1 Å². The molecule has 4 nitrogen and oxygen atoms in total. The second-order valence-electron chi connectivity index (χ2n) is 5.42. The van der Waals surface area contributed by atoms with E-state index in [9.17, 15) is 9.18 Å². The summed E-state index contributed by atoms with van der Waals surface area (Å²) in [5, 5.41) is 1.01. The SMILES string of the molecule is CCN(Cc1cccc(F)c1)C(=O)CSc1nc2cc(Cl)ccc2o1. The third-order valence-electron chi connectivity index (χ3n) is 3.65. The summed E-state index contributed by atoms with van der Waals surface area (Å²) >= 11 is 7.16. The molecule has 0 N–H and O–H groups in total. The minimum Gasteiger partial charge on any atom is -0.431 e. The number of nitrogens with zero attached hydrogens (tertiary/aromatic N) is 2. The van der Waals surface area contributed by atoms with Crippen LogP contribution in [0.4, 0.5) is 4.39 Å². The fourth-order valence-corrected chi connectivity index (χ4v) is 3.30. The fraction of sp³-hybridized carbons (Fsp3) is 0.222. The molecule has 1 amide bonds. The normalized spacial score (nSPS) is 11.0. The molecular formula is C18H16ClFN2O2S. The Labute approximate surface area is 154 Å². The van der Waals surface area contributed by atoms with Crippen LogP contribution in [-0.2, 0) is 11.3 Å². The lowest BCUT2D eigenvalue weighted by Gasteiger charge is -2.20. The quantitative estimate of drug-likeness (QED) is 0.580. The van der Waals surface area contributed by atoms with Gasteiger partial charge in [0.15, 0.2) is 5.58 Å². The zero-order valence-electron chi connectivity index (χ0n) is 13.5. The average molecular weight is 379 g/mol. The van der Waals surface area contributed by atoms with Crippen molar-refractivity contribution in [2.24, 2.45) is 0 Å². The van der Waals surface area contributed by atoms with Gasteiger partial charge in [-0.15, -0.1) is 0 Å². The summed E-state index contributed by atoms with van der Waals surface area (Å²) < 4.78 is 18.9. The van der Waals surface area contributed by atoms with Gasteiger partial charge in [-0.1, -0.05) is 35.5 Å². The largest absolute Gasteiger partial charge is 0.431 e. The van der Waals surface area contributed by atoms with Crippen molar-refractivity contribution in [1.82, 2.24) is 9.88 Å². The summed E-state index contributed by atoms with van der Waals surface area (Å²) in [6.07, 6.45) is 0. The standard InChI is InChI=1S/C18H16ClFN2O2S/c1-2-22(10-12-4-3-5-14(20)8-12)17(23)11-25-18-21-15-9-13(19)6-7-16(15)24-18/h3-9H,2,10-11H2,1H3. The molecule has 0 spiro atoms. The maximum Gasteiger partial charge on any atom is 0.257 e.